The monoisotopic (exact) mass is 544 g/mol. The van der Waals surface area contributed by atoms with Crippen molar-refractivity contribution in [2.45, 2.75) is 6.42 Å². The largest absolute Gasteiger partial charge is 0.446 e. The Labute approximate surface area is 205 Å². The average molecular weight is 545 g/mol. The normalized spacial score (nSPS) is 11.4. The molecule has 0 bridgehead atoms. The van der Waals surface area contributed by atoms with Crippen molar-refractivity contribution in [3.05, 3.63) is 74.9 Å². The van der Waals surface area contributed by atoms with Crippen LogP contribution < -0.4 is 22.1 Å². The summed E-state index contributed by atoms with van der Waals surface area (Å²) in [6.07, 6.45) is 0.174. The second-order valence-electron chi connectivity index (χ2n) is 7.07. The summed E-state index contributed by atoms with van der Waals surface area (Å²) in [5, 5.41) is 16.8. The maximum absolute atomic E-state index is 13.6. The van der Waals surface area contributed by atoms with E-state index < -0.39 is 11.6 Å². The van der Waals surface area contributed by atoms with Gasteiger partial charge in [-0.1, -0.05) is 35.5 Å². The molecule has 0 saturated carbocycles. The fourth-order valence-corrected chi connectivity index (χ4v) is 3.43. The standard InChI is InChI=1S/C21H18BrFN8O4/c22-14-11-13(6-7-15(14)23)31-19(30-34-21(31)33)17-18(29-35-28-17)25-8-9-26-20(24)27-16(32)10-12-4-2-1-3-5-12/h1-7,11H,8-10H2,(H,25,29)(H3,24,26,27,32). The molecular formula is C21H18BrFN8O4. The number of nitrogens with zero attached hydrogens (tertiary/aromatic N) is 5. The third-order valence-electron chi connectivity index (χ3n) is 4.63. The van der Waals surface area contributed by atoms with Gasteiger partial charge in [0.2, 0.25) is 17.5 Å². The number of benzene rings is 2. The van der Waals surface area contributed by atoms with Gasteiger partial charge in [0.05, 0.1) is 23.1 Å². The van der Waals surface area contributed by atoms with Gasteiger partial charge < -0.3 is 11.1 Å². The van der Waals surface area contributed by atoms with Crippen LogP contribution in [-0.2, 0) is 11.2 Å². The molecule has 2 heterocycles. The Kier molecular flexibility index (Phi) is 7.30. The van der Waals surface area contributed by atoms with Crippen molar-refractivity contribution in [1.82, 2.24) is 25.4 Å². The molecule has 14 heteroatoms. The fraction of sp³-hybridized carbons (Fsp3) is 0.143. The lowest BCUT2D eigenvalue weighted by Gasteiger charge is -2.06. The third kappa shape index (κ3) is 5.78. The number of hydrogen-bond acceptors (Lipinski definition) is 9. The molecule has 0 radical (unpaired) electrons. The van der Waals surface area contributed by atoms with Crippen LogP contribution in [0.5, 0.6) is 0 Å². The van der Waals surface area contributed by atoms with Gasteiger partial charge in [0, 0.05) is 6.54 Å². The van der Waals surface area contributed by atoms with Crippen LogP contribution in [0.4, 0.5) is 10.2 Å². The minimum Gasteiger partial charge on any atom is -0.370 e. The van der Waals surface area contributed by atoms with Crippen LogP contribution in [-0.4, -0.2) is 45.0 Å². The zero-order valence-corrected chi connectivity index (χ0v) is 19.5. The van der Waals surface area contributed by atoms with E-state index in [-0.39, 0.29) is 58.9 Å². The highest BCUT2D eigenvalue weighted by atomic mass is 79.9. The Morgan fingerprint density at radius 1 is 1.17 bits per heavy atom. The first kappa shape index (κ1) is 23.8. The van der Waals surface area contributed by atoms with E-state index >= 15 is 0 Å². The molecule has 0 fully saturated rings. The van der Waals surface area contributed by atoms with E-state index in [2.05, 4.69) is 47.0 Å². The molecule has 0 aliphatic carbocycles. The van der Waals surface area contributed by atoms with Crippen LogP contribution in [0.1, 0.15) is 5.56 Å². The Hall–Kier alpha value is -4.33. The molecule has 180 valence electrons. The van der Waals surface area contributed by atoms with Gasteiger partial charge in [-0.25, -0.2) is 18.4 Å². The number of carbonyl (C=O) groups excluding carboxylic acids is 1. The number of anilines is 1. The molecule has 0 unspecified atom stereocenters. The summed E-state index contributed by atoms with van der Waals surface area (Å²) >= 11 is 3.08. The second-order valence-corrected chi connectivity index (χ2v) is 7.93. The topological polar surface area (TPSA) is 166 Å². The summed E-state index contributed by atoms with van der Waals surface area (Å²) in [7, 11) is 0. The lowest BCUT2D eigenvalue weighted by molar-refractivity contribution is -0.119. The maximum Gasteiger partial charge on any atom is 0.446 e. The van der Waals surface area contributed by atoms with Gasteiger partial charge in [0.25, 0.3) is 0 Å². The molecule has 0 aliphatic rings. The first-order chi connectivity index (χ1) is 16.9. The smallest absolute Gasteiger partial charge is 0.370 e. The van der Waals surface area contributed by atoms with E-state index in [4.69, 9.17) is 14.9 Å². The van der Waals surface area contributed by atoms with E-state index in [1.165, 1.54) is 18.2 Å². The van der Waals surface area contributed by atoms with Crippen LogP contribution in [0.2, 0.25) is 0 Å². The first-order valence-corrected chi connectivity index (χ1v) is 11.0. The van der Waals surface area contributed by atoms with Crippen molar-refractivity contribution >= 4 is 33.6 Å². The minimum atomic E-state index is -0.809. The van der Waals surface area contributed by atoms with Crippen molar-refractivity contribution < 1.29 is 18.3 Å². The van der Waals surface area contributed by atoms with Crippen molar-refractivity contribution in [3.8, 4) is 17.2 Å². The molecule has 0 spiro atoms. The molecule has 12 nitrogen and oxygen atoms in total. The summed E-state index contributed by atoms with van der Waals surface area (Å²) in [6.45, 7) is 0.418. The predicted molar refractivity (Wildman–Crippen MR) is 126 cm³/mol. The molecule has 4 rings (SSSR count). The van der Waals surface area contributed by atoms with Gasteiger partial charge in [-0.15, -0.1) is 0 Å². The van der Waals surface area contributed by atoms with Crippen LogP contribution in [0.15, 0.2) is 71.9 Å². The molecule has 4 aromatic rings. The molecule has 1 amide bonds. The number of nitrogens with two attached hydrogens (primary N) is 1. The van der Waals surface area contributed by atoms with Gasteiger partial charge >= 0.3 is 5.76 Å². The molecular weight excluding hydrogens is 527 g/mol. The number of amides is 1. The zero-order chi connectivity index (χ0) is 24.8. The Morgan fingerprint density at radius 2 is 1.97 bits per heavy atom. The van der Waals surface area contributed by atoms with Crippen LogP contribution in [0.3, 0.4) is 0 Å². The molecule has 4 N–H and O–H groups in total. The highest BCUT2D eigenvalue weighted by Crippen LogP contribution is 2.26. The summed E-state index contributed by atoms with van der Waals surface area (Å²) < 4.78 is 24.4. The maximum atomic E-state index is 13.6. The van der Waals surface area contributed by atoms with Crippen LogP contribution in [0.25, 0.3) is 17.2 Å². The molecule has 2 aromatic heterocycles. The highest BCUT2D eigenvalue weighted by Gasteiger charge is 2.23. The number of aliphatic imine (C=N–C) groups is 1. The molecule has 0 saturated heterocycles. The van der Waals surface area contributed by atoms with Gasteiger partial charge in [-0.05, 0) is 50.0 Å². The van der Waals surface area contributed by atoms with Crippen molar-refractivity contribution in [2.75, 3.05) is 18.4 Å². The van der Waals surface area contributed by atoms with Crippen molar-refractivity contribution in [2.24, 2.45) is 10.7 Å². The number of aromatic nitrogens is 4. The van der Waals surface area contributed by atoms with E-state index in [0.29, 0.717) is 0 Å². The van der Waals surface area contributed by atoms with Gasteiger partial charge in [-0.2, -0.15) is 0 Å². The van der Waals surface area contributed by atoms with E-state index in [1.54, 1.807) is 0 Å². The quantitative estimate of drug-likeness (QED) is 0.170. The van der Waals surface area contributed by atoms with Crippen LogP contribution in [0, 0.1) is 5.82 Å². The van der Waals surface area contributed by atoms with E-state index in [1.807, 2.05) is 30.3 Å². The van der Waals surface area contributed by atoms with Crippen LogP contribution >= 0.6 is 15.9 Å². The SMILES string of the molecule is NC(=NCCNc1nonc1-c1noc(=O)n1-c1ccc(F)c(Br)c1)NC(=O)Cc1ccccc1. The summed E-state index contributed by atoms with van der Waals surface area (Å²) in [5.41, 5.74) is 7.00. The first-order valence-electron chi connectivity index (χ1n) is 10.2. The van der Waals surface area contributed by atoms with Gasteiger partial charge in [-0.3, -0.25) is 19.6 Å². The van der Waals surface area contributed by atoms with Crippen molar-refractivity contribution in [3.63, 3.8) is 0 Å². The lowest BCUT2D eigenvalue weighted by atomic mass is 10.1. The summed E-state index contributed by atoms with van der Waals surface area (Å²) in [5.74, 6) is -1.47. The predicted octanol–water partition coefficient (Wildman–Crippen LogP) is 1.86. The number of carbonyl (C=O) groups is 1. The minimum absolute atomic E-state index is 0.00607. The van der Waals surface area contributed by atoms with Gasteiger partial charge in [0.15, 0.2) is 11.7 Å². The number of hydrogen-bond donors (Lipinski definition) is 3. The molecule has 0 atom stereocenters. The Bertz CT molecular complexity index is 1420. The summed E-state index contributed by atoms with van der Waals surface area (Å²) in [4.78, 5) is 28.4. The Morgan fingerprint density at radius 3 is 2.74 bits per heavy atom. The number of nitrogens with one attached hydrogen (secondary N) is 2. The third-order valence-corrected chi connectivity index (χ3v) is 5.24. The fourth-order valence-electron chi connectivity index (χ4n) is 3.06. The number of guanidine groups is 1. The average Bonchev–Trinajstić information content (AvgIpc) is 3.45. The highest BCUT2D eigenvalue weighted by molar-refractivity contribution is 9.10. The van der Waals surface area contributed by atoms with E-state index in [9.17, 15) is 14.0 Å². The van der Waals surface area contributed by atoms with Gasteiger partial charge in [0.1, 0.15) is 5.82 Å². The number of rotatable bonds is 8. The van der Waals surface area contributed by atoms with E-state index in [0.717, 1.165) is 10.1 Å². The second kappa shape index (κ2) is 10.7. The summed E-state index contributed by atoms with van der Waals surface area (Å²) in [6, 6.07) is 13.2. The number of halogens is 2. The zero-order valence-electron chi connectivity index (χ0n) is 17.9. The molecule has 35 heavy (non-hydrogen) atoms. The lowest BCUT2D eigenvalue weighted by Crippen LogP contribution is -2.38. The molecule has 0 aliphatic heterocycles. The molecule has 2 aromatic carbocycles. The van der Waals surface area contributed by atoms with Crippen molar-refractivity contribution in [1.29, 1.82) is 0 Å². The Balaban J connectivity index is 1.39.